The molecule has 8 nitrogen and oxygen atoms in total. The van der Waals surface area contributed by atoms with Gasteiger partial charge in [-0.1, -0.05) is 24.3 Å². The van der Waals surface area contributed by atoms with Crippen molar-refractivity contribution < 1.29 is 27.4 Å². The van der Waals surface area contributed by atoms with E-state index in [2.05, 4.69) is 20.7 Å². The van der Waals surface area contributed by atoms with Crippen molar-refractivity contribution in [1.29, 1.82) is 0 Å². The maximum absolute atomic E-state index is 13.5. The van der Waals surface area contributed by atoms with Crippen LogP contribution < -0.4 is 20.1 Å². The number of ether oxygens (including phenoxy) is 2. The van der Waals surface area contributed by atoms with E-state index in [9.17, 15) is 18.0 Å². The minimum atomic E-state index is -4.75. The number of benzene rings is 2. The number of alkyl halides is 3. The third-order valence-electron chi connectivity index (χ3n) is 5.83. The first kappa shape index (κ1) is 22.8. The number of amides is 1. The van der Waals surface area contributed by atoms with Crippen LogP contribution in [-0.4, -0.2) is 33.9 Å². The molecule has 0 spiro atoms. The van der Waals surface area contributed by atoms with Crippen LogP contribution in [0.15, 0.2) is 53.7 Å². The van der Waals surface area contributed by atoms with Crippen molar-refractivity contribution >= 4 is 17.5 Å². The van der Waals surface area contributed by atoms with Gasteiger partial charge in [-0.15, -0.1) is 5.10 Å². The Morgan fingerprint density at radius 1 is 1.11 bits per heavy atom. The SMILES string of the molecule is CC1=C(C(=O)Nc2ccccc2C)C(c2ccc3c(c2)OCCCO3)n2nc(C(F)(F)F)nc2N1. The highest BCUT2D eigenvalue weighted by Gasteiger charge is 2.41. The number of aryl methyl sites for hydroxylation is 1. The van der Waals surface area contributed by atoms with Crippen molar-refractivity contribution in [2.75, 3.05) is 23.8 Å². The zero-order valence-corrected chi connectivity index (χ0v) is 18.9. The van der Waals surface area contributed by atoms with Crippen molar-refractivity contribution in [3.05, 3.63) is 70.7 Å². The Balaban J connectivity index is 1.62. The molecule has 2 N–H and O–H groups in total. The van der Waals surface area contributed by atoms with E-state index in [-0.39, 0.29) is 11.5 Å². The van der Waals surface area contributed by atoms with Crippen molar-refractivity contribution in [2.45, 2.75) is 32.5 Å². The standard InChI is InChI=1S/C24H22F3N5O3/c1-13-6-3-4-7-16(13)29-21(33)19-14(2)28-23-30-22(24(25,26)27)31-32(23)20(19)15-8-9-17-18(12-15)35-11-5-10-34-17/h3-4,6-9,12,20H,5,10-11H2,1-2H3,(H,29,33)(H,28,30,31). The fraction of sp³-hybridized carbons (Fsp3) is 0.292. The lowest BCUT2D eigenvalue weighted by molar-refractivity contribution is -0.145. The van der Waals surface area contributed by atoms with Gasteiger partial charge < -0.3 is 20.1 Å². The third kappa shape index (κ3) is 4.29. The van der Waals surface area contributed by atoms with Crippen LogP contribution in [0.3, 0.4) is 0 Å². The second kappa shape index (κ2) is 8.64. The zero-order chi connectivity index (χ0) is 24.7. The lowest BCUT2D eigenvalue weighted by Gasteiger charge is -2.29. The minimum absolute atomic E-state index is 0.112. The number of para-hydroxylation sites is 1. The highest BCUT2D eigenvalue weighted by atomic mass is 19.4. The van der Waals surface area contributed by atoms with Crippen LogP contribution in [0, 0.1) is 6.92 Å². The topological polar surface area (TPSA) is 90.3 Å². The fourth-order valence-corrected chi connectivity index (χ4v) is 4.13. The number of carbonyl (C=O) groups is 1. The summed E-state index contributed by atoms with van der Waals surface area (Å²) in [7, 11) is 0. The number of carbonyl (C=O) groups excluding carboxylic acids is 1. The van der Waals surface area contributed by atoms with Gasteiger partial charge in [-0.3, -0.25) is 4.79 Å². The van der Waals surface area contributed by atoms with E-state index in [0.29, 0.717) is 48.1 Å². The molecule has 11 heteroatoms. The Morgan fingerprint density at radius 2 is 1.86 bits per heavy atom. The van der Waals surface area contributed by atoms with Gasteiger partial charge in [0.1, 0.15) is 6.04 Å². The van der Waals surface area contributed by atoms with E-state index >= 15 is 0 Å². The second-order valence-corrected chi connectivity index (χ2v) is 8.29. The number of hydrogen-bond donors (Lipinski definition) is 2. The van der Waals surface area contributed by atoms with Gasteiger partial charge in [0.2, 0.25) is 5.95 Å². The van der Waals surface area contributed by atoms with Crippen LogP contribution in [0.25, 0.3) is 0 Å². The molecule has 0 bridgehead atoms. The third-order valence-corrected chi connectivity index (χ3v) is 5.83. The quantitative estimate of drug-likeness (QED) is 0.559. The van der Waals surface area contributed by atoms with E-state index < -0.39 is 23.9 Å². The van der Waals surface area contributed by atoms with Gasteiger partial charge in [-0.25, -0.2) is 4.68 Å². The number of fused-ring (bicyclic) bond motifs is 2. The smallest absolute Gasteiger partial charge is 0.453 e. The molecule has 1 atom stereocenters. The van der Waals surface area contributed by atoms with Gasteiger partial charge in [0.15, 0.2) is 11.5 Å². The highest BCUT2D eigenvalue weighted by molar-refractivity contribution is 6.06. The van der Waals surface area contributed by atoms with Crippen molar-refractivity contribution in [2.24, 2.45) is 0 Å². The molecule has 0 aliphatic carbocycles. The summed E-state index contributed by atoms with van der Waals surface area (Å²) in [5.74, 6) is -0.905. The number of nitrogens with zero attached hydrogens (tertiary/aromatic N) is 3. The largest absolute Gasteiger partial charge is 0.490 e. The Bertz CT molecular complexity index is 1330. The highest BCUT2D eigenvalue weighted by Crippen LogP contribution is 2.41. The van der Waals surface area contributed by atoms with Crippen molar-refractivity contribution in [1.82, 2.24) is 14.8 Å². The average Bonchev–Trinajstić information content (AvgIpc) is 3.10. The number of hydrogen-bond acceptors (Lipinski definition) is 6. The Labute approximate surface area is 198 Å². The Kier molecular flexibility index (Phi) is 5.62. The Morgan fingerprint density at radius 3 is 2.60 bits per heavy atom. The molecule has 182 valence electrons. The predicted octanol–water partition coefficient (Wildman–Crippen LogP) is 4.69. The number of rotatable bonds is 3. The number of allylic oxidation sites excluding steroid dienone is 1. The summed E-state index contributed by atoms with van der Waals surface area (Å²) in [4.78, 5) is 17.2. The summed E-state index contributed by atoms with van der Waals surface area (Å²) in [6, 6.07) is 11.3. The zero-order valence-electron chi connectivity index (χ0n) is 18.9. The normalized spacial score (nSPS) is 17.3. The van der Waals surface area contributed by atoms with Gasteiger partial charge in [0.05, 0.1) is 18.8 Å². The van der Waals surface area contributed by atoms with Crippen LogP contribution in [0.2, 0.25) is 0 Å². The van der Waals surface area contributed by atoms with E-state index in [1.54, 1.807) is 37.3 Å². The van der Waals surface area contributed by atoms with Crippen LogP contribution in [-0.2, 0) is 11.0 Å². The summed E-state index contributed by atoms with van der Waals surface area (Å²) in [6.07, 6.45) is -4.05. The molecule has 1 unspecified atom stereocenters. The van der Waals surface area contributed by atoms with Gasteiger partial charge >= 0.3 is 6.18 Å². The first-order valence-electron chi connectivity index (χ1n) is 11.0. The van der Waals surface area contributed by atoms with Crippen molar-refractivity contribution in [3.63, 3.8) is 0 Å². The maximum atomic E-state index is 13.5. The lowest BCUT2D eigenvalue weighted by Crippen LogP contribution is -2.31. The monoisotopic (exact) mass is 485 g/mol. The molecule has 2 aromatic carbocycles. The summed E-state index contributed by atoms with van der Waals surface area (Å²) >= 11 is 0. The minimum Gasteiger partial charge on any atom is -0.490 e. The average molecular weight is 485 g/mol. The molecule has 5 rings (SSSR count). The molecule has 2 aliphatic heterocycles. The molecule has 3 aromatic rings. The van der Waals surface area contributed by atoms with E-state index in [1.165, 1.54) is 0 Å². The molecular formula is C24H22F3N5O3. The number of anilines is 2. The summed E-state index contributed by atoms with van der Waals surface area (Å²) in [5, 5.41) is 9.42. The van der Waals surface area contributed by atoms with Crippen LogP contribution in [0.5, 0.6) is 11.5 Å². The van der Waals surface area contributed by atoms with Gasteiger partial charge in [0, 0.05) is 17.8 Å². The predicted molar refractivity (Wildman–Crippen MR) is 121 cm³/mol. The first-order valence-corrected chi connectivity index (χ1v) is 11.0. The van der Waals surface area contributed by atoms with E-state index in [4.69, 9.17) is 9.47 Å². The van der Waals surface area contributed by atoms with Gasteiger partial charge in [-0.05, 0) is 43.2 Å². The summed E-state index contributed by atoms with van der Waals surface area (Å²) in [5.41, 5.74) is 2.51. The number of nitrogens with one attached hydrogen (secondary N) is 2. The molecule has 0 saturated heterocycles. The van der Waals surface area contributed by atoms with E-state index in [0.717, 1.165) is 10.2 Å². The van der Waals surface area contributed by atoms with E-state index in [1.807, 2.05) is 19.1 Å². The molecule has 0 radical (unpaired) electrons. The number of aromatic nitrogens is 3. The molecule has 0 fully saturated rings. The molecular weight excluding hydrogens is 463 g/mol. The maximum Gasteiger partial charge on any atom is 0.453 e. The molecule has 2 aliphatic rings. The van der Waals surface area contributed by atoms with Crippen LogP contribution in [0.4, 0.5) is 24.8 Å². The summed E-state index contributed by atoms with van der Waals surface area (Å²) < 4.78 is 52.9. The first-order chi connectivity index (χ1) is 16.7. The van der Waals surface area contributed by atoms with Crippen LogP contribution >= 0.6 is 0 Å². The molecule has 3 heterocycles. The van der Waals surface area contributed by atoms with Gasteiger partial charge in [-0.2, -0.15) is 18.2 Å². The Hall–Kier alpha value is -4.02. The molecule has 0 saturated carbocycles. The summed E-state index contributed by atoms with van der Waals surface area (Å²) in [6.45, 7) is 4.40. The molecule has 35 heavy (non-hydrogen) atoms. The second-order valence-electron chi connectivity index (χ2n) is 8.29. The fourth-order valence-electron chi connectivity index (χ4n) is 4.13. The lowest BCUT2D eigenvalue weighted by atomic mass is 9.94. The van der Waals surface area contributed by atoms with Crippen LogP contribution in [0.1, 0.15) is 36.3 Å². The number of halogens is 3. The van der Waals surface area contributed by atoms with Crippen molar-refractivity contribution in [3.8, 4) is 11.5 Å². The molecule has 1 aromatic heterocycles. The molecule has 1 amide bonds. The van der Waals surface area contributed by atoms with Gasteiger partial charge in [0.25, 0.3) is 11.7 Å².